The Labute approximate surface area is 247 Å². The molecule has 0 spiro atoms. The van der Waals surface area contributed by atoms with Crippen LogP contribution in [-0.4, -0.2) is 47.6 Å². The van der Waals surface area contributed by atoms with E-state index in [1.807, 2.05) is 71.6 Å². The third-order valence-electron chi connectivity index (χ3n) is 9.76. The van der Waals surface area contributed by atoms with Crippen molar-refractivity contribution in [3.63, 3.8) is 0 Å². The number of amides is 1. The molecule has 0 radical (unpaired) electrons. The first-order valence-corrected chi connectivity index (χ1v) is 15.1. The van der Waals surface area contributed by atoms with Gasteiger partial charge in [-0.3, -0.25) is 0 Å². The van der Waals surface area contributed by atoms with Gasteiger partial charge in [0.1, 0.15) is 18.5 Å². The molecule has 2 fully saturated rings. The van der Waals surface area contributed by atoms with E-state index in [4.69, 9.17) is 14.2 Å². The Balaban J connectivity index is 1.21. The van der Waals surface area contributed by atoms with Gasteiger partial charge in [-0.2, -0.15) is 0 Å². The molecule has 42 heavy (non-hydrogen) atoms. The topological polar surface area (TPSA) is 85.3 Å². The first kappa shape index (κ1) is 28.1. The summed E-state index contributed by atoms with van der Waals surface area (Å²) in [6, 6.07) is 26.2. The van der Waals surface area contributed by atoms with Gasteiger partial charge in [0.15, 0.2) is 0 Å². The number of nitrogens with zero attached hydrogens (tertiary/aromatic N) is 1. The maximum absolute atomic E-state index is 13.3. The Hall–Kier alpha value is -4.00. The second-order valence-corrected chi connectivity index (χ2v) is 12.0. The molecule has 3 aromatic rings. The van der Waals surface area contributed by atoms with Crippen LogP contribution >= 0.6 is 0 Å². The molecule has 1 heterocycles. The Kier molecular flexibility index (Phi) is 8.09. The van der Waals surface area contributed by atoms with Crippen molar-refractivity contribution in [2.24, 2.45) is 5.92 Å². The van der Waals surface area contributed by atoms with E-state index in [0.717, 1.165) is 42.6 Å². The number of piperidine rings is 1. The molecule has 7 nitrogen and oxygen atoms in total. The summed E-state index contributed by atoms with van der Waals surface area (Å²) >= 11 is 0. The molecule has 1 N–H and O–H groups in total. The number of benzene rings is 3. The zero-order chi connectivity index (χ0) is 29.1. The van der Waals surface area contributed by atoms with Crippen LogP contribution in [0.3, 0.4) is 0 Å². The summed E-state index contributed by atoms with van der Waals surface area (Å²) < 4.78 is 17.3. The number of rotatable bonds is 8. The predicted octanol–water partition coefficient (Wildman–Crippen LogP) is 7.33. The highest BCUT2D eigenvalue weighted by Crippen LogP contribution is 2.56. The van der Waals surface area contributed by atoms with Crippen LogP contribution in [-0.2, 0) is 27.9 Å². The quantitative estimate of drug-likeness (QED) is 0.286. The molecule has 2 bridgehead atoms. The molecule has 7 heteroatoms. The van der Waals surface area contributed by atoms with Gasteiger partial charge in [-0.25, -0.2) is 9.59 Å². The highest BCUT2D eigenvalue weighted by Gasteiger charge is 2.55. The average molecular weight is 570 g/mol. The van der Waals surface area contributed by atoms with Crippen LogP contribution in [0.15, 0.2) is 78.9 Å². The molecule has 2 aliphatic carbocycles. The van der Waals surface area contributed by atoms with Gasteiger partial charge in [0.2, 0.25) is 0 Å². The monoisotopic (exact) mass is 569 g/mol. The van der Waals surface area contributed by atoms with E-state index in [1.165, 1.54) is 24.0 Å². The average Bonchev–Trinajstić information content (AvgIpc) is 3.01. The molecule has 1 amide bonds. The van der Waals surface area contributed by atoms with Crippen LogP contribution in [0.4, 0.5) is 9.59 Å². The number of ether oxygens (including phenoxy) is 3. The molecule has 5 atom stereocenters. The maximum atomic E-state index is 13.3. The summed E-state index contributed by atoms with van der Waals surface area (Å²) in [5.74, 6) is 0.945. The fourth-order valence-electron chi connectivity index (χ4n) is 7.73. The van der Waals surface area contributed by atoms with Crippen molar-refractivity contribution in [3.05, 3.63) is 101 Å². The third kappa shape index (κ3) is 5.57. The maximum Gasteiger partial charge on any atom is 0.506 e. The SMILES string of the molecule is CC(OC(=O)O)C(COc1ccc2c(c1)[C@@]13CCCC[C@H]1[C@@H](C2)N(C(=O)OCc1ccccc1)CC3)c1ccccc1. The van der Waals surface area contributed by atoms with Gasteiger partial charge < -0.3 is 24.2 Å². The smallest absolute Gasteiger partial charge is 0.493 e. The van der Waals surface area contributed by atoms with E-state index in [1.54, 1.807) is 6.92 Å². The zero-order valence-corrected chi connectivity index (χ0v) is 24.1. The minimum atomic E-state index is -1.29. The molecular formula is C35H39NO6. The molecule has 6 rings (SSSR count). The van der Waals surface area contributed by atoms with Crippen LogP contribution in [0.1, 0.15) is 67.2 Å². The van der Waals surface area contributed by atoms with E-state index in [0.29, 0.717) is 19.1 Å². The lowest BCUT2D eigenvalue weighted by Gasteiger charge is -2.58. The normalized spacial score (nSPS) is 24.0. The van der Waals surface area contributed by atoms with Gasteiger partial charge in [0, 0.05) is 18.0 Å². The predicted molar refractivity (Wildman–Crippen MR) is 159 cm³/mol. The van der Waals surface area contributed by atoms with Crippen molar-refractivity contribution in [3.8, 4) is 5.75 Å². The molecule has 2 unspecified atom stereocenters. The van der Waals surface area contributed by atoms with Crippen molar-refractivity contribution >= 4 is 12.2 Å². The van der Waals surface area contributed by atoms with Gasteiger partial charge in [-0.05, 0) is 72.9 Å². The molecule has 3 aromatic carbocycles. The second kappa shape index (κ2) is 12.1. The Morgan fingerprint density at radius 3 is 2.52 bits per heavy atom. The second-order valence-electron chi connectivity index (χ2n) is 12.0. The van der Waals surface area contributed by atoms with Gasteiger partial charge in [-0.1, -0.05) is 79.6 Å². The minimum Gasteiger partial charge on any atom is -0.493 e. The highest BCUT2D eigenvalue weighted by atomic mass is 16.7. The van der Waals surface area contributed by atoms with Crippen LogP contribution in [0.25, 0.3) is 0 Å². The lowest BCUT2D eigenvalue weighted by atomic mass is 9.52. The third-order valence-corrected chi connectivity index (χ3v) is 9.76. The Bertz CT molecular complexity index is 1400. The summed E-state index contributed by atoms with van der Waals surface area (Å²) in [6.45, 7) is 3.05. The van der Waals surface area contributed by atoms with E-state index in [2.05, 4.69) is 12.1 Å². The van der Waals surface area contributed by atoms with Crippen molar-refractivity contribution in [2.75, 3.05) is 13.2 Å². The number of carbonyl (C=O) groups is 2. The summed E-state index contributed by atoms with van der Waals surface area (Å²) in [6.07, 6.45) is 4.27. The summed E-state index contributed by atoms with van der Waals surface area (Å²) in [5.41, 5.74) is 4.65. The Morgan fingerprint density at radius 2 is 1.76 bits per heavy atom. The number of hydrogen-bond acceptors (Lipinski definition) is 5. The standard InChI is InChI=1S/C35H39NO6/c1-24(42-34(38)39)29(26-12-6-3-7-13-26)23-40-28-16-15-27-20-32-30-14-8-9-17-35(30,31(27)21-28)18-19-36(32)33(37)41-22-25-10-4-2-5-11-25/h2-7,10-13,15-16,21,24,29-30,32H,8-9,14,17-20,22-23H2,1H3,(H,38,39)/t24?,29?,30-,32+,35+/m0/s1. The number of hydrogen-bond donors (Lipinski definition) is 1. The fourth-order valence-corrected chi connectivity index (χ4v) is 7.73. The number of carbonyl (C=O) groups excluding carboxylic acids is 1. The first-order chi connectivity index (χ1) is 20.4. The Morgan fingerprint density at radius 1 is 1.00 bits per heavy atom. The minimum absolute atomic E-state index is 0.0324. The van der Waals surface area contributed by atoms with Crippen LogP contribution in [0.5, 0.6) is 5.75 Å². The van der Waals surface area contributed by atoms with E-state index in [-0.39, 0.29) is 30.1 Å². The molecular weight excluding hydrogens is 530 g/mol. The fraction of sp³-hybridized carbons (Fsp3) is 0.429. The summed E-state index contributed by atoms with van der Waals surface area (Å²) in [7, 11) is 0. The van der Waals surface area contributed by atoms with Gasteiger partial charge in [0.25, 0.3) is 0 Å². The number of carboxylic acid groups (broad SMARTS) is 1. The summed E-state index contributed by atoms with van der Waals surface area (Å²) in [4.78, 5) is 26.6. The zero-order valence-electron chi connectivity index (χ0n) is 24.1. The van der Waals surface area contributed by atoms with Crippen molar-refractivity contribution in [1.82, 2.24) is 4.90 Å². The van der Waals surface area contributed by atoms with Crippen molar-refractivity contribution in [1.29, 1.82) is 0 Å². The van der Waals surface area contributed by atoms with Crippen molar-refractivity contribution < 1.29 is 28.9 Å². The van der Waals surface area contributed by atoms with E-state index >= 15 is 0 Å². The molecule has 1 saturated carbocycles. The van der Waals surface area contributed by atoms with Crippen LogP contribution in [0, 0.1) is 5.92 Å². The molecule has 1 saturated heterocycles. The van der Waals surface area contributed by atoms with Gasteiger partial charge in [0.05, 0.1) is 12.5 Å². The van der Waals surface area contributed by atoms with Gasteiger partial charge >= 0.3 is 12.2 Å². The highest BCUT2D eigenvalue weighted by molar-refractivity contribution is 5.69. The first-order valence-electron chi connectivity index (χ1n) is 15.1. The molecule has 1 aliphatic heterocycles. The lowest BCUT2D eigenvalue weighted by molar-refractivity contribution is -0.0138. The summed E-state index contributed by atoms with van der Waals surface area (Å²) in [5, 5.41) is 9.23. The van der Waals surface area contributed by atoms with Gasteiger partial charge in [-0.15, -0.1) is 0 Å². The molecule has 3 aliphatic rings. The largest absolute Gasteiger partial charge is 0.506 e. The number of likely N-dealkylation sites (tertiary alicyclic amines) is 1. The van der Waals surface area contributed by atoms with E-state index in [9.17, 15) is 14.7 Å². The number of fused-ring (bicyclic) bond motifs is 1. The lowest BCUT2D eigenvalue weighted by Crippen LogP contribution is -2.62. The van der Waals surface area contributed by atoms with Crippen molar-refractivity contribution in [2.45, 2.75) is 75.5 Å². The van der Waals surface area contributed by atoms with Crippen LogP contribution < -0.4 is 4.74 Å². The molecule has 0 aromatic heterocycles. The van der Waals surface area contributed by atoms with Crippen LogP contribution in [0.2, 0.25) is 0 Å². The van der Waals surface area contributed by atoms with E-state index < -0.39 is 12.3 Å². The molecule has 220 valence electrons.